The summed E-state index contributed by atoms with van der Waals surface area (Å²) in [5.74, 6) is 2.85. The van der Waals surface area contributed by atoms with E-state index in [1.807, 2.05) is 6.08 Å². The molecule has 4 aliphatic rings. The Balaban J connectivity index is 1.60. The van der Waals surface area contributed by atoms with Crippen LogP contribution in [0.25, 0.3) is 0 Å². The molecule has 3 saturated carbocycles. The first-order chi connectivity index (χ1) is 11.6. The van der Waals surface area contributed by atoms with Crippen molar-refractivity contribution in [2.45, 2.75) is 91.0 Å². The summed E-state index contributed by atoms with van der Waals surface area (Å²) in [5.41, 5.74) is 2.18. The summed E-state index contributed by atoms with van der Waals surface area (Å²) >= 11 is 0. The molecule has 3 fully saturated rings. The lowest BCUT2D eigenvalue weighted by atomic mass is 9.47. The summed E-state index contributed by atoms with van der Waals surface area (Å²) in [6.07, 6.45) is 12.1. The Labute approximate surface area is 154 Å². The maximum absolute atomic E-state index is 11.9. The smallest absolute Gasteiger partial charge is 0.184 e. The summed E-state index contributed by atoms with van der Waals surface area (Å²) in [6, 6.07) is 0. The van der Waals surface area contributed by atoms with Crippen molar-refractivity contribution in [3.05, 3.63) is 11.6 Å². The fourth-order valence-electron chi connectivity index (χ4n) is 7.13. The molecule has 3 heteroatoms. The molecule has 0 bridgehead atoms. The van der Waals surface area contributed by atoms with Crippen molar-refractivity contribution in [2.24, 2.45) is 28.6 Å². The molecule has 0 aromatic carbocycles. The van der Waals surface area contributed by atoms with Crippen molar-refractivity contribution in [3.63, 3.8) is 0 Å². The average molecular weight is 361 g/mol. The lowest BCUT2D eigenvalue weighted by Crippen LogP contribution is -2.52. The molecule has 0 aromatic rings. The Bertz CT molecular complexity index is 604. The van der Waals surface area contributed by atoms with Crippen molar-refractivity contribution in [2.75, 3.05) is 0 Å². The Morgan fingerprint density at radius 2 is 1.76 bits per heavy atom. The first kappa shape index (κ1) is 18.0. The molecular formula is C22H36O2Si. The largest absolute Gasteiger partial charge is 0.414 e. The molecule has 25 heavy (non-hydrogen) atoms. The zero-order valence-corrected chi connectivity index (χ0v) is 17.9. The van der Waals surface area contributed by atoms with Gasteiger partial charge < -0.3 is 4.43 Å². The molecule has 0 aromatic heterocycles. The molecular weight excluding hydrogens is 324 g/mol. The second-order valence-corrected chi connectivity index (χ2v) is 15.3. The maximum atomic E-state index is 11.9. The molecule has 0 aliphatic heterocycles. The third-order valence-electron chi connectivity index (χ3n) is 8.37. The van der Waals surface area contributed by atoms with Gasteiger partial charge in [0.2, 0.25) is 0 Å². The maximum Gasteiger partial charge on any atom is 0.184 e. The second-order valence-electron chi connectivity index (χ2n) is 10.8. The molecule has 140 valence electrons. The molecule has 0 unspecified atom stereocenters. The third kappa shape index (κ3) is 2.81. The van der Waals surface area contributed by atoms with Crippen LogP contribution in [0.2, 0.25) is 19.6 Å². The van der Waals surface area contributed by atoms with E-state index in [4.69, 9.17) is 4.43 Å². The SMILES string of the molecule is C[C@@]12CC[C@@H]3[C@H](CCC4=CC(=O)CC[C@@]43C)[C@H]1CC[C@H]2O[Si](C)(C)C. The van der Waals surface area contributed by atoms with Crippen molar-refractivity contribution in [3.8, 4) is 0 Å². The molecule has 6 atom stereocenters. The molecule has 0 spiro atoms. The minimum atomic E-state index is -1.49. The van der Waals surface area contributed by atoms with Gasteiger partial charge >= 0.3 is 0 Å². The van der Waals surface area contributed by atoms with Gasteiger partial charge in [0, 0.05) is 6.42 Å². The van der Waals surface area contributed by atoms with E-state index in [0.29, 0.717) is 22.7 Å². The van der Waals surface area contributed by atoms with E-state index in [1.54, 1.807) is 0 Å². The summed E-state index contributed by atoms with van der Waals surface area (Å²) < 4.78 is 6.68. The highest BCUT2D eigenvalue weighted by Crippen LogP contribution is 2.65. The topological polar surface area (TPSA) is 26.3 Å². The molecule has 2 nitrogen and oxygen atoms in total. The van der Waals surface area contributed by atoms with Crippen LogP contribution in [-0.2, 0) is 9.22 Å². The minimum absolute atomic E-state index is 0.301. The minimum Gasteiger partial charge on any atom is -0.414 e. The van der Waals surface area contributed by atoms with Crippen molar-refractivity contribution in [1.29, 1.82) is 0 Å². The number of allylic oxidation sites excluding steroid dienone is 1. The fraction of sp³-hybridized carbons (Fsp3) is 0.864. The first-order valence-electron chi connectivity index (χ1n) is 10.6. The zero-order chi connectivity index (χ0) is 18.0. The van der Waals surface area contributed by atoms with Gasteiger partial charge in [0.1, 0.15) is 0 Å². The van der Waals surface area contributed by atoms with E-state index in [1.165, 1.54) is 37.7 Å². The van der Waals surface area contributed by atoms with Gasteiger partial charge in [0.05, 0.1) is 6.10 Å². The summed E-state index contributed by atoms with van der Waals surface area (Å²) in [4.78, 5) is 11.9. The number of ketones is 1. The van der Waals surface area contributed by atoms with Gasteiger partial charge in [-0.15, -0.1) is 0 Å². The zero-order valence-electron chi connectivity index (χ0n) is 16.9. The van der Waals surface area contributed by atoms with Crippen molar-refractivity contribution >= 4 is 14.1 Å². The van der Waals surface area contributed by atoms with Crippen LogP contribution in [0, 0.1) is 28.6 Å². The van der Waals surface area contributed by atoms with E-state index in [2.05, 4.69) is 33.5 Å². The number of fused-ring (bicyclic) bond motifs is 5. The third-order valence-corrected chi connectivity index (χ3v) is 9.36. The van der Waals surface area contributed by atoms with Gasteiger partial charge in [-0.1, -0.05) is 19.4 Å². The highest BCUT2D eigenvalue weighted by molar-refractivity contribution is 6.69. The lowest BCUT2D eigenvalue weighted by molar-refractivity contribution is -0.117. The van der Waals surface area contributed by atoms with Crippen molar-refractivity contribution in [1.82, 2.24) is 0 Å². The van der Waals surface area contributed by atoms with Crippen LogP contribution in [0.4, 0.5) is 0 Å². The quantitative estimate of drug-likeness (QED) is 0.587. The highest BCUT2D eigenvalue weighted by Gasteiger charge is 2.59. The monoisotopic (exact) mass is 360 g/mol. The number of rotatable bonds is 2. The predicted molar refractivity (Wildman–Crippen MR) is 105 cm³/mol. The van der Waals surface area contributed by atoms with Gasteiger partial charge in [-0.05, 0) is 99.2 Å². The van der Waals surface area contributed by atoms with E-state index in [-0.39, 0.29) is 0 Å². The lowest BCUT2D eigenvalue weighted by Gasteiger charge is -2.58. The van der Waals surface area contributed by atoms with E-state index in [0.717, 1.165) is 37.0 Å². The molecule has 4 aliphatic carbocycles. The highest BCUT2D eigenvalue weighted by atomic mass is 28.4. The molecule has 0 amide bonds. The van der Waals surface area contributed by atoms with E-state index < -0.39 is 8.32 Å². The number of hydrogen-bond acceptors (Lipinski definition) is 2. The summed E-state index contributed by atoms with van der Waals surface area (Å²) in [7, 11) is -1.49. The van der Waals surface area contributed by atoms with Gasteiger partial charge in [-0.2, -0.15) is 0 Å². The molecule has 0 heterocycles. The van der Waals surface area contributed by atoms with Crippen LogP contribution in [0.3, 0.4) is 0 Å². The molecule has 0 radical (unpaired) electrons. The normalized spacial score (nSPS) is 46.9. The number of carbonyl (C=O) groups is 1. The Kier molecular flexibility index (Phi) is 4.16. The van der Waals surface area contributed by atoms with Gasteiger partial charge in [0.15, 0.2) is 14.1 Å². The van der Waals surface area contributed by atoms with E-state index in [9.17, 15) is 4.79 Å². The van der Waals surface area contributed by atoms with Gasteiger partial charge in [-0.25, -0.2) is 0 Å². The van der Waals surface area contributed by atoms with Gasteiger partial charge in [0.25, 0.3) is 0 Å². The number of hydrogen-bond donors (Lipinski definition) is 0. The van der Waals surface area contributed by atoms with Crippen LogP contribution in [0.5, 0.6) is 0 Å². The molecule has 0 N–H and O–H groups in total. The van der Waals surface area contributed by atoms with Crippen LogP contribution in [-0.4, -0.2) is 20.2 Å². The molecule has 4 rings (SSSR count). The average Bonchev–Trinajstić information content (AvgIpc) is 2.83. The summed E-state index contributed by atoms with van der Waals surface area (Å²) in [5, 5.41) is 0. The Hall–Kier alpha value is -0.413. The number of carbonyl (C=O) groups excluding carboxylic acids is 1. The predicted octanol–water partition coefficient (Wildman–Crippen LogP) is 5.74. The van der Waals surface area contributed by atoms with Crippen LogP contribution >= 0.6 is 0 Å². The Morgan fingerprint density at radius 3 is 2.48 bits per heavy atom. The van der Waals surface area contributed by atoms with Crippen molar-refractivity contribution < 1.29 is 9.22 Å². The van der Waals surface area contributed by atoms with Crippen LogP contribution < -0.4 is 0 Å². The fourth-order valence-corrected chi connectivity index (χ4v) is 8.37. The standard InChI is InChI=1S/C22H36O2Si/c1-21-12-10-16(23)14-15(21)6-7-17-18-8-9-20(24-25(3,4)5)22(18,2)13-11-19(17)21/h14,17-20H,6-13H2,1-5H3/t17-,18-,19-,20-,21+,22-/m1/s1. The van der Waals surface area contributed by atoms with E-state index >= 15 is 0 Å². The van der Waals surface area contributed by atoms with Crippen LogP contribution in [0.1, 0.15) is 65.2 Å². The Morgan fingerprint density at radius 1 is 1.00 bits per heavy atom. The van der Waals surface area contributed by atoms with Gasteiger partial charge in [-0.3, -0.25) is 4.79 Å². The van der Waals surface area contributed by atoms with Crippen LogP contribution in [0.15, 0.2) is 11.6 Å². The summed E-state index contributed by atoms with van der Waals surface area (Å²) in [6.45, 7) is 12.0. The first-order valence-corrected chi connectivity index (χ1v) is 14.0. The second kappa shape index (κ2) is 5.79. The molecule has 0 saturated heterocycles.